The first kappa shape index (κ1) is 27.9. The number of pyridine rings is 1. The number of carbonyl (C=O) groups is 2. The van der Waals surface area contributed by atoms with Crippen LogP contribution in [-0.2, 0) is 0 Å². The number of nitrogens with zero attached hydrogens (tertiary/aromatic N) is 4. The molecule has 2 fully saturated rings. The lowest BCUT2D eigenvalue weighted by atomic mass is 10.0. The number of amides is 2. The van der Waals surface area contributed by atoms with Crippen molar-refractivity contribution in [3.05, 3.63) is 113 Å². The second kappa shape index (κ2) is 12.3. The molecule has 2 saturated heterocycles. The summed E-state index contributed by atoms with van der Waals surface area (Å²) in [4.78, 5) is 38.1. The van der Waals surface area contributed by atoms with Crippen LogP contribution in [0.15, 0.2) is 91.0 Å². The summed E-state index contributed by atoms with van der Waals surface area (Å²) in [5, 5.41) is 0. The van der Waals surface area contributed by atoms with E-state index < -0.39 is 0 Å². The highest BCUT2D eigenvalue weighted by Gasteiger charge is 2.31. The quantitative estimate of drug-likeness (QED) is 0.297. The van der Waals surface area contributed by atoms with Gasteiger partial charge in [0, 0.05) is 67.6 Å². The van der Waals surface area contributed by atoms with Crippen LogP contribution in [-0.4, -0.2) is 76.8 Å². The number of hydrogen-bond acceptors (Lipinski definition) is 4. The van der Waals surface area contributed by atoms with E-state index in [0.29, 0.717) is 24.7 Å². The predicted octanol–water partition coefficient (Wildman–Crippen LogP) is 6.10. The van der Waals surface area contributed by atoms with Crippen LogP contribution in [0, 0.1) is 13.8 Å². The van der Waals surface area contributed by atoms with Gasteiger partial charge in [-0.2, -0.15) is 0 Å². The third-order valence-corrected chi connectivity index (χ3v) is 8.66. The van der Waals surface area contributed by atoms with Crippen LogP contribution in [0.4, 0.5) is 0 Å². The van der Waals surface area contributed by atoms with Crippen molar-refractivity contribution in [3.63, 3.8) is 0 Å². The van der Waals surface area contributed by atoms with Crippen molar-refractivity contribution in [1.29, 1.82) is 0 Å². The molecule has 0 bridgehead atoms. The van der Waals surface area contributed by atoms with E-state index in [4.69, 9.17) is 4.98 Å². The Labute approximate surface area is 248 Å². The molecular formula is C36H38N4O2. The molecule has 0 unspecified atom stereocenters. The van der Waals surface area contributed by atoms with E-state index in [2.05, 4.69) is 67.3 Å². The molecule has 6 rings (SSSR count). The van der Waals surface area contributed by atoms with Crippen molar-refractivity contribution >= 4 is 11.8 Å². The summed E-state index contributed by atoms with van der Waals surface area (Å²) < 4.78 is 0. The minimum atomic E-state index is 0.0575. The first-order valence-electron chi connectivity index (χ1n) is 15.0. The van der Waals surface area contributed by atoms with Gasteiger partial charge < -0.3 is 9.80 Å². The molecule has 2 aliphatic heterocycles. The number of aryl methyl sites for hydroxylation is 2. The number of hydrogen-bond donors (Lipinski definition) is 0. The molecule has 2 amide bonds. The van der Waals surface area contributed by atoms with E-state index >= 15 is 0 Å². The third kappa shape index (κ3) is 6.14. The fourth-order valence-corrected chi connectivity index (χ4v) is 6.07. The highest BCUT2D eigenvalue weighted by atomic mass is 16.2. The number of benzene rings is 3. The first-order valence-corrected chi connectivity index (χ1v) is 15.0. The molecule has 0 aliphatic carbocycles. The van der Waals surface area contributed by atoms with Gasteiger partial charge in [-0.05, 0) is 51.0 Å². The van der Waals surface area contributed by atoms with E-state index in [1.807, 2.05) is 52.3 Å². The van der Waals surface area contributed by atoms with E-state index in [1.54, 1.807) is 0 Å². The lowest BCUT2D eigenvalue weighted by Crippen LogP contribution is -2.54. The first-order chi connectivity index (χ1) is 20.4. The molecular weight excluding hydrogens is 520 g/mol. The van der Waals surface area contributed by atoms with Crippen molar-refractivity contribution in [2.45, 2.75) is 32.7 Å². The maximum Gasteiger partial charge on any atom is 0.254 e. The molecule has 0 saturated carbocycles. The van der Waals surface area contributed by atoms with Crippen molar-refractivity contribution in [3.8, 4) is 22.5 Å². The van der Waals surface area contributed by atoms with Gasteiger partial charge in [0.2, 0.25) is 0 Å². The monoisotopic (exact) mass is 558 g/mol. The van der Waals surface area contributed by atoms with Gasteiger partial charge in [0.25, 0.3) is 11.8 Å². The van der Waals surface area contributed by atoms with Gasteiger partial charge in [-0.1, -0.05) is 77.9 Å². The summed E-state index contributed by atoms with van der Waals surface area (Å²) in [7, 11) is 0. The SMILES string of the molecule is Cc1ccc(-c2cc(C(=O)N3CCN(C4CCN(C(=O)c5ccccc5)CC4)CC3)cc(-c3ccc(C)cc3)n2)cc1. The molecule has 0 N–H and O–H groups in total. The molecule has 214 valence electrons. The molecule has 1 aromatic heterocycles. The summed E-state index contributed by atoms with van der Waals surface area (Å²) in [6, 6.07) is 30.5. The lowest BCUT2D eigenvalue weighted by Gasteiger charge is -2.42. The highest BCUT2D eigenvalue weighted by molar-refractivity contribution is 5.96. The number of rotatable bonds is 5. The van der Waals surface area contributed by atoms with E-state index in [1.165, 1.54) is 11.1 Å². The molecule has 0 radical (unpaired) electrons. The summed E-state index contributed by atoms with van der Waals surface area (Å²) in [6.07, 6.45) is 1.94. The Morgan fingerprint density at radius 1 is 0.595 bits per heavy atom. The Morgan fingerprint density at radius 2 is 1.07 bits per heavy atom. The van der Waals surface area contributed by atoms with Crippen LogP contribution in [0.5, 0.6) is 0 Å². The smallest absolute Gasteiger partial charge is 0.254 e. The number of carbonyl (C=O) groups excluding carboxylic acids is 2. The Kier molecular flexibility index (Phi) is 8.15. The predicted molar refractivity (Wildman–Crippen MR) is 167 cm³/mol. The van der Waals surface area contributed by atoms with Gasteiger partial charge in [0.05, 0.1) is 11.4 Å². The zero-order valence-corrected chi connectivity index (χ0v) is 24.5. The van der Waals surface area contributed by atoms with Gasteiger partial charge in [0.1, 0.15) is 0 Å². The van der Waals surface area contributed by atoms with Gasteiger partial charge in [-0.3, -0.25) is 14.5 Å². The fraction of sp³-hybridized carbons (Fsp3) is 0.306. The molecule has 6 nitrogen and oxygen atoms in total. The molecule has 0 atom stereocenters. The van der Waals surface area contributed by atoms with Gasteiger partial charge in [0.15, 0.2) is 0 Å². The molecule has 3 heterocycles. The van der Waals surface area contributed by atoms with E-state index in [-0.39, 0.29) is 11.8 Å². The van der Waals surface area contributed by atoms with E-state index in [0.717, 1.165) is 67.1 Å². The second-order valence-corrected chi connectivity index (χ2v) is 11.6. The largest absolute Gasteiger partial charge is 0.339 e. The summed E-state index contributed by atoms with van der Waals surface area (Å²) in [5.74, 6) is 0.180. The van der Waals surface area contributed by atoms with Crippen molar-refractivity contribution in [2.75, 3.05) is 39.3 Å². The number of piperazine rings is 1. The van der Waals surface area contributed by atoms with Crippen LogP contribution in [0.1, 0.15) is 44.7 Å². The Hall–Kier alpha value is -4.29. The Morgan fingerprint density at radius 3 is 1.60 bits per heavy atom. The average Bonchev–Trinajstić information content (AvgIpc) is 3.05. The maximum absolute atomic E-state index is 13.8. The molecule has 0 spiro atoms. The van der Waals surface area contributed by atoms with Crippen LogP contribution in [0.25, 0.3) is 22.5 Å². The van der Waals surface area contributed by atoms with E-state index in [9.17, 15) is 9.59 Å². The highest BCUT2D eigenvalue weighted by Crippen LogP contribution is 2.27. The van der Waals surface area contributed by atoms with Gasteiger partial charge >= 0.3 is 0 Å². The van der Waals surface area contributed by atoms with Crippen LogP contribution in [0.3, 0.4) is 0 Å². The lowest BCUT2D eigenvalue weighted by molar-refractivity contribution is 0.0412. The summed E-state index contributed by atoms with van der Waals surface area (Å²) in [6.45, 7) is 8.79. The molecule has 42 heavy (non-hydrogen) atoms. The second-order valence-electron chi connectivity index (χ2n) is 11.6. The van der Waals surface area contributed by atoms with Crippen molar-refractivity contribution in [2.24, 2.45) is 0 Å². The standard InChI is InChI=1S/C36H38N4O2/c1-26-8-12-28(13-9-26)33-24-31(25-34(37-33)29-14-10-27(2)11-15-29)36(42)40-22-20-38(21-23-40)32-16-18-39(19-17-32)35(41)30-6-4-3-5-7-30/h3-15,24-25,32H,16-23H2,1-2H3. The Bertz CT molecular complexity index is 1470. The average molecular weight is 559 g/mol. The minimum Gasteiger partial charge on any atom is -0.339 e. The zero-order valence-electron chi connectivity index (χ0n) is 24.5. The van der Waals surface area contributed by atoms with Crippen LogP contribution >= 0.6 is 0 Å². The van der Waals surface area contributed by atoms with Crippen molar-refractivity contribution in [1.82, 2.24) is 19.7 Å². The fourth-order valence-electron chi connectivity index (χ4n) is 6.07. The number of piperidine rings is 1. The zero-order chi connectivity index (χ0) is 29.1. The summed E-state index contributed by atoms with van der Waals surface area (Å²) in [5.41, 5.74) is 7.45. The molecule has 4 aromatic rings. The normalized spacial score (nSPS) is 16.4. The van der Waals surface area contributed by atoms with Crippen LogP contribution in [0.2, 0.25) is 0 Å². The molecule has 2 aliphatic rings. The van der Waals surface area contributed by atoms with Gasteiger partial charge in [-0.15, -0.1) is 0 Å². The third-order valence-electron chi connectivity index (χ3n) is 8.66. The summed E-state index contributed by atoms with van der Waals surface area (Å²) >= 11 is 0. The minimum absolute atomic E-state index is 0.0575. The topological polar surface area (TPSA) is 56.8 Å². The molecule has 3 aromatic carbocycles. The van der Waals surface area contributed by atoms with Crippen molar-refractivity contribution < 1.29 is 9.59 Å². The number of aromatic nitrogens is 1. The van der Waals surface area contributed by atoms with Gasteiger partial charge in [-0.25, -0.2) is 4.98 Å². The number of likely N-dealkylation sites (tertiary alicyclic amines) is 1. The molecule has 6 heteroatoms. The Balaban J connectivity index is 1.13. The van der Waals surface area contributed by atoms with Crippen LogP contribution < -0.4 is 0 Å². The maximum atomic E-state index is 13.8.